The summed E-state index contributed by atoms with van der Waals surface area (Å²) in [6.45, 7) is 41.7. The van der Waals surface area contributed by atoms with E-state index in [1.165, 1.54) is 19.3 Å². The molecule has 11 heteroatoms. The standard InChI is InChI=1S/C39H75N5O3Si3/c1-31-29-43(28-20-18-17-19-25-40-32-21-23-33(24-22-32)44-41-26-27-42-44)34(30-45-48(11,12)37(2,3)4)36(47-50(15,16)39(8,9)10)35(31)46-49(13,14)38(5,6)7/h21-24,26-27,31,34-36,40H,17-20,25,28-30H2,1-16H3/t31-,34+,35+,36+/m0/s1. The first-order chi connectivity index (χ1) is 22.9. The van der Waals surface area contributed by atoms with Crippen molar-refractivity contribution in [2.24, 2.45) is 5.92 Å². The number of anilines is 1. The molecule has 0 amide bonds. The van der Waals surface area contributed by atoms with Gasteiger partial charge in [0.25, 0.3) is 0 Å². The van der Waals surface area contributed by atoms with Crippen LogP contribution in [0.15, 0.2) is 36.7 Å². The first kappa shape index (κ1) is 43.1. The van der Waals surface area contributed by atoms with Crippen LogP contribution in [0.4, 0.5) is 5.69 Å². The quantitative estimate of drug-likeness (QED) is 0.135. The molecule has 286 valence electrons. The average Bonchev–Trinajstić information content (AvgIpc) is 3.52. The third kappa shape index (κ3) is 11.3. The van der Waals surface area contributed by atoms with E-state index in [1.807, 2.05) is 0 Å². The fraction of sp³-hybridized carbons (Fsp3) is 0.795. The van der Waals surface area contributed by atoms with Crippen molar-refractivity contribution >= 4 is 30.6 Å². The van der Waals surface area contributed by atoms with Crippen LogP contribution in [0.5, 0.6) is 0 Å². The van der Waals surface area contributed by atoms with Gasteiger partial charge in [-0.3, -0.25) is 4.90 Å². The van der Waals surface area contributed by atoms with E-state index >= 15 is 0 Å². The second-order valence-corrected chi connectivity index (χ2v) is 33.8. The van der Waals surface area contributed by atoms with Gasteiger partial charge in [0.2, 0.25) is 0 Å². The van der Waals surface area contributed by atoms with Gasteiger partial charge in [-0.1, -0.05) is 82.1 Å². The summed E-state index contributed by atoms with van der Waals surface area (Å²) in [6.07, 6.45) is 8.19. The molecule has 1 fully saturated rings. The zero-order valence-electron chi connectivity index (χ0n) is 34.9. The number of nitrogens with one attached hydrogen (secondary N) is 1. The first-order valence-electron chi connectivity index (χ1n) is 19.3. The topological polar surface area (TPSA) is 73.7 Å². The summed E-state index contributed by atoms with van der Waals surface area (Å²) in [5.41, 5.74) is 2.10. The summed E-state index contributed by atoms with van der Waals surface area (Å²) >= 11 is 0. The Morgan fingerprint density at radius 1 is 0.700 bits per heavy atom. The molecule has 0 radical (unpaired) electrons. The normalized spacial score (nSPS) is 21.8. The zero-order chi connectivity index (χ0) is 37.8. The summed E-state index contributed by atoms with van der Waals surface area (Å²) in [6, 6.07) is 8.49. The Morgan fingerprint density at radius 2 is 1.20 bits per heavy atom. The van der Waals surface area contributed by atoms with Crippen LogP contribution in [0.1, 0.15) is 94.9 Å². The van der Waals surface area contributed by atoms with Crippen molar-refractivity contribution in [2.45, 2.75) is 168 Å². The van der Waals surface area contributed by atoms with Gasteiger partial charge < -0.3 is 18.6 Å². The summed E-state index contributed by atoms with van der Waals surface area (Å²) in [7, 11) is -6.14. The van der Waals surface area contributed by atoms with Crippen LogP contribution < -0.4 is 5.32 Å². The van der Waals surface area contributed by atoms with Gasteiger partial charge in [0.05, 0.1) is 42.9 Å². The maximum absolute atomic E-state index is 7.52. The molecule has 3 rings (SSSR count). The van der Waals surface area contributed by atoms with Gasteiger partial charge in [-0.15, -0.1) is 0 Å². The second-order valence-electron chi connectivity index (χ2n) is 19.5. The molecule has 0 unspecified atom stereocenters. The number of benzene rings is 1. The van der Waals surface area contributed by atoms with E-state index in [4.69, 9.17) is 13.3 Å². The molecule has 4 atom stereocenters. The van der Waals surface area contributed by atoms with Crippen molar-refractivity contribution < 1.29 is 13.3 Å². The highest BCUT2D eigenvalue weighted by Crippen LogP contribution is 2.44. The maximum atomic E-state index is 7.52. The summed E-state index contributed by atoms with van der Waals surface area (Å²) in [5.74, 6) is 0.377. The fourth-order valence-corrected chi connectivity index (χ4v) is 9.52. The van der Waals surface area contributed by atoms with Gasteiger partial charge in [0.15, 0.2) is 25.0 Å². The van der Waals surface area contributed by atoms with E-state index in [0.717, 1.165) is 37.4 Å². The van der Waals surface area contributed by atoms with Crippen molar-refractivity contribution in [3.8, 4) is 5.69 Å². The molecule has 2 aromatic rings. The largest absolute Gasteiger partial charge is 0.415 e. The van der Waals surface area contributed by atoms with Gasteiger partial charge in [-0.05, 0) is 104 Å². The Hall–Kier alpha value is -1.35. The Kier molecular flexibility index (Phi) is 14.4. The predicted octanol–water partition coefficient (Wildman–Crippen LogP) is 10.4. The highest BCUT2D eigenvalue weighted by Gasteiger charge is 2.52. The number of rotatable bonds is 16. The summed E-state index contributed by atoms with van der Waals surface area (Å²) in [5, 5.41) is 12.4. The van der Waals surface area contributed by atoms with Crippen molar-refractivity contribution in [1.29, 1.82) is 0 Å². The fourth-order valence-electron chi connectivity index (χ4n) is 5.78. The van der Waals surface area contributed by atoms with Crippen LogP contribution in [0, 0.1) is 5.92 Å². The van der Waals surface area contributed by atoms with Crippen molar-refractivity contribution in [3.05, 3.63) is 36.7 Å². The van der Waals surface area contributed by atoms with Crippen molar-refractivity contribution in [1.82, 2.24) is 19.9 Å². The number of piperidine rings is 1. The van der Waals surface area contributed by atoms with Crippen molar-refractivity contribution in [3.63, 3.8) is 0 Å². The lowest BCUT2D eigenvalue weighted by Gasteiger charge is -2.54. The SMILES string of the molecule is C[C@H]1CN(CCCCCCNc2ccc(-n3nccn3)cc2)[C@H](CO[Si](C)(C)C(C)(C)C)[C@@H](O[Si](C)(C)C(C)(C)C)[C@@H]1O[Si](C)(C)C(C)(C)C. The van der Waals surface area contributed by atoms with E-state index in [2.05, 4.69) is 153 Å². The molecule has 1 aromatic heterocycles. The van der Waals surface area contributed by atoms with Crippen LogP contribution in [0.25, 0.3) is 5.69 Å². The molecule has 0 spiro atoms. The molecular weight excluding hydrogens is 671 g/mol. The second kappa shape index (κ2) is 16.8. The minimum Gasteiger partial charge on any atom is -0.415 e. The van der Waals surface area contributed by atoms with Crippen molar-refractivity contribution in [2.75, 3.05) is 31.6 Å². The third-order valence-corrected chi connectivity index (χ3v) is 25.8. The van der Waals surface area contributed by atoms with E-state index in [0.29, 0.717) is 12.5 Å². The molecule has 2 heterocycles. The predicted molar refractivity (Wildman–Crippen MR) is 220 cm³/mol. The number of aromatic nitrogens is 3. The third-order valence-electron chi connectivity index (χ3n) is 12.4. The number of hydrogen-bond donors (Lipinski definition) is 1. The molecule has 0 aliphatic carbocycles. The molecular formula is C39H75N5O3Si3. The van der Waals surface area contributed by atoms with Gasteiger partial charge in [-0.2, -0.15) is 15.0 Å². The number of hydrogen-bond acceptors (Lipinski definition) is 7. The van der Waals surface area contributed by atoms with Crippen LogP contribution in [0.2, 0.25) is 54.4 Å². The van der Waals surface area contributed by atoms with E-state index < -0.39 is 25.0 Å². The molecule has 0 saturated carbocycles. The van der Waals surface area contributed by atoms with Gasteiger partial charge in [0.1, 0.15) is 0 Å². The summed E-state index contributed by atoms with van der Waals surface area (Å²) < 4.78 is 22.0. The summed E-state index contributed by atoms with van der Waals surface area (Å²) in [4.78, 5) is 4.37. The smallest absolute Gasteiger partial charge is 0.192 e. The molecule has 1 saturated heterocycles. The highest BCUT2D eigenvalue weighted by molar-refractivity contribution is 6.75. The first-order valence-corrected chi connectivity index (χ1v) is 28.0. The Balaban J connectivity index is 1.73. The molecule has 1 aliphatic rings. The highest BCUT2D eigenvalue weighted by atomic mass is 28.4. The van der Waals surface area contributed by atoms with Gasteiger partial charge in [-0.25, -0.2) is 0 Å². The lowest BCUT2D eigenvalue weighted by molar-refractivity contribution is -0.101. The van der Waals surface area contributed by atoms with E-state index in [9.17, 15) is 0 Å². The molecule has 0 bridgehead atoms. The molecule has 1 N–H and O–H groups in total. The Morgan fingerprint density at radius 3 is 1.72 bits per heavy atom. The Labute approximate surface area is 310 Å². The van der Waals surface area contributed by atoms with Crippen LogP contribution >= 0.6 is 0 Å². The molecule has 8 nitrogen and oxygen atoms in total. The van der Waals surface area contributed by atoms with Gasteiger partial charge in [0, 0.05) is 18.8 Å². The van der Waals surface area contributed by atoms with Crippen LogP contribution in [-0.4, -0.2) is 89.3 Å². The number of nitrogens with zero attached hydrogens (tertiary/aromatic N) is 4. The molecule has 50 heavy (non-hydrogen) atoms. The van der Waals surface area contributed by atoms with E-state index in [-0.39, 0.29) is 33.4 Å². The zero-order valence-corrected chi connectivity index (χ0v) is 37.9. The Bertz CT molecular complexity index is 1300. The van der Waals surface area contributed by atoms with Crippen LogP contribution in [0.3, 0.4) is 0 Å². The monoisotopic (exact) mass is 746 g/mol. The number of unbranched alkanes of at least 4 members (excludes halogenated alkanes) is 3. The maximum Gasteiger partial charge on any atom is 0.192 e. The molecule has 1 aromatic carbocycles. The minimum atomic E-state index is -2.12. The molecule has 1 aliphatic heterocycles. The number of likely N-dealkylation sites (tertiary alicyclic amines) is 1. The lowest BCUT2D eigenvalue weighted by Crippen LogP contribution is -2.66. The van der Waals surface area contributed by atoms with Gasteiger partial charge >= 0.3 is 0 Å². The van der Waals surface area contributed by atoms with Crippen LogP contribution in [-0.2, 0) is 13.3 Å². The lowest BCUT2D eigenvalue weighted by atomic mass is 9.88. The minimum absolute atomic E-state index is 0.0156. The average molecular weight is 746 g/mol. The van der Waals surface area contributed by atoms with E-state index in [1.54, 1.807) is 17.2 Å².